The fourth-order valence-corrected chi connectivity index (χ4v) is 4.17. The number of nitrogens with zero attached hydrogens (tertiary/aromatic N) is 1. The molecular formula is C20H17ClFN3O3S. The zero-order valence-corrected chi connectivity index (χ0v) is 16.7. The summed E-state index contributed by atoms with van der Waals surface area (Å²) in [6.07, 6.45) is -0.620. The van der Waals surface area contributed by atoms with Gasteiger partial charge in [-0.1, -0.05) is 35.1 Å². The van der Waals surface area contributed by atoms with Gasteiger partial charge in [-0.05, 0) is 35.9 Å². The Morgan fingerprint density at radius 1 is 1.31 bits per heavy atom. The van der Waals surface area contributed by atoms with Gasteiger partial charge in [-0.15, -0.1) is 0 Å². The minimum atomic E-state index is -0.649. The lowest BCUT2D eigenvalue weighted by atomic mass is 10.0. The molecule has 2 heterocycles. The minimum absolute atomic E-state index is 0.0244. The van der Waals surface area contributed by atoms with Crippen molar-refractivity contribution >= 4 is 50.0 Å². The Kier molecular flexibility index (Phi) is 5.86. The van der Waals surface area contributed by atoms with Crippen LogP contribution in [-0.2, 0) is 20.9 Å². The molecule has 29 heavy (non-hydrogen) atoms. The number of amides is 1. The second-order valence-electron chi connectivity index (χ2n) is 6.68. The van der Waals surface area contributed by atoms with Gasteiger partial charge < -0.3 is 15.4 Å². The van der Waals surface area contributed by atoms with Crippen molar-refractivity contribution in [2.75, 3.05) is 11.9 Å². The van der Waals surface area contributed by atoms with E-state index in [9.17, 15) is 14.0 Å². The lowest BCUT2D eigenvalue weighted by Gasteiger charge is -2.27. The molecule has 3 aromatic rings. The molecule has 1 amide bonds. The number of thiazole rings is 1. The number of carbonyl (C=O) groups excluding carboxylic acids is 2. The van der Waals surface area contributed by atoms with Crippen LogP contribution in [0.2, 0.25) is 5.02 Å². The first-order chi connectivity index (χ1) is 14.0. The van der Waals surface area contributed by atoms with Crippen LogP contribution >= 0.6 is 22.9 Å². The quantitative estimate of drug-likeness (QED) is 0.643. The lowest BCUT2D eigenvalue weighted by molar-refractivity contribution is -0.137. The second-order valence-corrected chi connectivity index (χ2v) is 8.14. The van der Waals surface area contributed by atoms with Crippen LogP contribution in [-0.4, -0.2) is 35.4 Å². The first kappa shape index (κ1) is 19.9. The number of hydrogen-bond donors (Lipinski definition) is 2. The SMILES string of the molecule is O=C(Nc1nc2ccc(Cl)cc2s1)C1CC(=O)C(OCc2ccc(F)cc2)CN1. The average Bonchev–Trinajstić information content (AvgIpc) is 3.09. The molecule has 1 fully saturated rings. The third-order valence-corrected chi connectivity index (χ3v) is 5.74. The Balaban J connectivity index is 1.31. The highest BCUT2D eigenvalue weighted by atomic mass is 35.5. The van der Waals surface area contributed by atoms with Gasteiger partial charge >= 0.3 is 0 Å². The molecule has 1 aliphatic heterocycles. The molecular weight excluding hydrogens is 417 g/mol. The van der Waals surface area contributed by atoms with Gasteiger partial charge in [-0.3, -0.25) is 9.59 Å². The third kappa shape index (κ3) is 4.79. The van der Waals surface area contributed by atoms with E-state index in [1.807, 2.05) is 0 Å². The number of aromatic nitrogens is 1. The van der Waals surface area contributed by atoms with Crippen LogP contribution < -0.4 is 10.6 Å². The maximum Gasteiger partial charge on any atom is 0.243 e. The number of halogens is 2. The van der Waals surface area contributed by atoms with Gasteiger partial charge in [0, 0.05) is 18.0 Å². The molecule has 2 unspecified atom stereocenters. The number of ether oxygens (including phenoxy) is 1. The van der Waals surface area contributed by atoms with Gasteiger partial charge in [-0.25, -0.2) is 9.37 Å². The minimum Gasteiger partial charge on any atom is -0.364 e. The number of anilines is 1. The van der Waals surface area contributed by atoms with Gasteiger partial charge in [0.2, 0.25) is 5.91 Å². The highest BCUT2D eigenvalue weighted by molar-refractivity contribution is 7.22. The monoisotopic (exact) mass is 433 g/mol. The van der Waals surface area contributed by atoms with Crippen molar-refractivity contribution in [1.82, 2.24) is 10.3 Å². The number of benzene rings is 2. The molecule has 0 spiro atoms. The van der Waals surface area contributed by atoms with E-state index >= 15 is 0 Å². The molecule has 150 valence electrons. The number of fused-ring (bicyclic) bond motifs is 1. The van der Waals surface area contributed by atoms with Crippen LogP contribution in [0, 0.1) is 5.82 Å². The average molecular weight is 434 g/mol. The van der Waals surface area contributed by atoms with E-state index in [0.29, 0.717) is 10.2 Å². The maximum atomic E-state index is 12.9. The summed E-state index contributed by atoms with van der Waals surface area (Å²) >= 11 is 7.29. The first-order valence-electron chi connectivity index (χ1n) is 8.97. The Labute approximate surface area is 175 Å². The van der Waals surface area contributed by atoms with E-state index in [0.717, 1.165) is 15.8 Å². The van der Waals surface area contributed by atoms with Gasteiger partial charge in [0.25, 0.3) is 0 Å². The molecule has 0 aliphatic carbocycles. The molecule has 4 rings (SSSR count). The fraction of sp³-hybridized carbons (Fsp3) is 0.250. The summed E-state index contributed by atoms with van der Waals surface area (Å²) in [5, 5.41) is 6.86. The Bertz CT molecular complexity index is 1060. The van der Waals surface area contributed by atoms with Crippen molar-refractivity contribution in [2.24, 2.45) is 0 Å². The van der Waals surface area contributed by atoms with Crippen LogP contribution in [0.1, 0.15) is 12.0 Å². The second kappa shape index (κ2) is 8.54. The number of piperidine rings is 1. The third-order valence-electron chi connectivity index (χ3n) is 4.58. The van der Waals surface area contributed by atoms with Crippen LogP contribution in [0.4, 0.5) is 9.52 Å². The molecule has 0 bridgehead atoms. The van der Waals surface area contributed by atoms with E-state index in [1.165, 1.54) is 23.5 Å². The molecule has 1 saturated heterocycles. The fourth-order valence-electron chi connectivity index (χ4n) is 3.03. The standard InChI is InChI=1S/C20H17ClFN3O3S/c21-12-3-6-14-18(7-12)29-20(24-14)25-19(27)15-8-16(26)17(9-23-15)28-10-11-1-4-13(22)5-2-11/h1-7,15,17,23H,8-10H2,(H,24,25,27). The van der Waals surface area contributed by atoms with Crippen LogP contribution in [0.25, 0.3) is 10.2 Å². The van der Waals surface area contributed by atoms with Gasteiger partial charge in [0.15, 0.2) is 10.9 Å². The summed E-state index contributed by atoms with van der Waals surface area (Å²) < 4.78 is 19.4. The zero-order valence-electron chi connectivity index (χ0n) is 15.2. The van der Waals surface area contributed by atoms with E-state index < -0.39 is 12.1 Å². The zero-order chi connectivity index (χ0) is 20.4. The van der Waals surface area contributed by atoms with E-state index in [1.54, 1.807) is 30.3 Å². The molecule has 1 aliphatic rings. The molecule has 1 aromatic heterocycles. The van der Waals surface area contributed by atoms with Crippen LogP contribution in [0.15, 0.2) is 42.5 Å². The van der Waals surface area contributed by atoms with E-state index in [-0.39, 0.29) is 37.1 Å². The number of carbonyl (C=O) groups is 2. The number of nitrogens with one attached hydrogen (secondary N) is 2. The summed E-state index contributed by atoms with van der Waals surface area (Å²) in [5.74, 6) is -0.795. The normalized spacial score (nSPS) is 19.4. The summed E-state index contributed by atoms with van der Waals surface area (Å²) in [4.78, 5) is 29.3. The molecule has 2 N–H and O–H groups in total. The number of rotatable bonds is 5. The van der Waals surface area contributed by atoms with Crippen LogP contribution in [0.3, 0.4) is 0 Å². The number of ketones is 1. The van der Waals surface area contributed by atoms with Crippen molar-refractivity contribution < 1.29 is 18.7 Å². The Morgan fingerprint density at radius 2 is 2.10 bits per heavy atom. The highest BCUT2D eigenvalue weighted by Crippen LogP contribution is 2.28. The summed E-state index contributed by atoms with van der Waals surface area (Å²) in [5.41, 5.74) is 1.52. The maximum absolute atomic E-state index is 12.9. The molecule has 6 nitrogen and oxygen atoms in total. The van der Waals surface area contributed by atoms with Crippen molar-refractivity contribution in [3.8, 4) is 0 Å². The largest absolute Gasteiger partial charge is 0.364 e. The van der Waals surface area contributed by atoms with Crippen molar-refractivity contribution in [3.05, 3.63) is 58.9 Å². The van der Waals surface area contributed by atoms with Crippen molar-refractivity contribution in [2.45, 2.75) is 25.2 Å². The molecule has 2 aromatic carbocycles. The summed E-state index contributed by atoms with van der Waals surface area (Å²) in [7, 11) is 0. The smallest absolute Gasteiger partial charge is 0.243 e. The molecule has 0 radical (unpaired) electrons. The summed E-state index contributed by atoms with van der Waals surface area (Å²) in [6, 6.07) is 10.6. The topological polar surface area (TPSA) is 80.3 Å². The highest BCUT2D eigenvalue weighted by Gasteiger charge is 2.33. The summed E-state index contributed by atoms with van der Waals surface area (Å²) in [6.45, 7) is 0.428. The van der Waals surface area contributed by atoms with E-state index in [2.05, 4.69) is 15.6 Å². The van der Waals surface area contributed by atoms with Crippen molar-refractivity contribution in [3.63, 3.8) is 0 Å². The van der Waals surface area contributed by atoms with Gasteiger partial charge in [0.05, 0.1) is 22.9 Å². The lowest BCUT2D eigenvalue weighted by Crippen LogP contribution is -2.53. The number of Topliss-reactive ketones (excluding diaryl/α,β-unsaturated/α-hetero) is 1. The number of hydrogen-bond acceptors (Lipinski definition) is 6. The molecule has 2 atom stereocenters. The van der Waals surface area contributed by atoms with Gasteiger partial charge in [-0.2, -0.15) is 0 Å². The Hall–Kier alpha value is -2.39. The Morgan fingerprint density at radius 3 is 2.86 bits per heavy atom. The predicted octanol–water partition coefficient (Wildman–Crippen LogP) is 3.54. The van der Waals surface area contributed by atoms with E-state index in [4.69, 9.17) is 16.3 Å². The molecule has 9 heteroatoms. The van der Waals surface area contributed by atoms with Crippen molar-refractivity contribution in [1.29, 1.82) is 0 Å². The van der Waals surface area contributed by atoms with Crippen LogP contribution in [0.5, 0.6) is 0 Å². The first-order valence-corrected chi connectivity index (χ1v) is 10.2. The molecule has 0 saturated carbocycles. The van der Waals surface area contributed by atoms with Gasteiger partial charge in [0.1, 0.15) is 11.9 Å². The predicted molar refractivity (Wildman–Crippen MR) is 110 cm³/mol.